The van der Waals surface area contributed by atoms with Crippen molar-refractivity contribution in [3.05, 3.63) is 59.4 Å². The minimum Gasteiger partial charge on any atom is -0.352 e. The first-order chi connectivity index (χ1) is 9.65. The van der Waals surface area contributed by atoms with Gasteiger partial charge in [-0.3, -0.25) is 4.79 Å². The molecule has 0 saturated heterocycles. The van der Waals surface area contributed by atoms with Crippen molar-refractivity contribution in [2.24, 2.45) is 5.73 Å². The summed E-state index contributed by atoms with van der Waals surface area (Å²) < 4.78 is 13.2. The third kappa shape index (κ3) is 3.03. The van der Waals surface area contributed by atoms with E-state index in [1.165, 1.54) is 12.1 Å². The van der Waals surface area contributed by atoms with Crippen LogP contribution in [0.5, 0.6) is 0 Å². The van der Waals surface area contributed by atoms with E-state index in [9.17, 15) is 9.18 Å². The number of rotatable bonds is 4. The van der Waals surface area contributed by atoms with Crippen LogP contribution < -0.4 is 11.1 Å². The van der Waals surface area contributed by atoms with E-state index in [-0.39, 0.29) is 18.3 Å². The van der Waals surface area contributed by atoms with Crippen LogP contribution in [0.1, 0.15) is 22.8 Å². The quantitative estimate of drug-likeness (QED) is 0.899. The molecule has 3 N–H and O–H groups in total. The van der Waals surface area contributed by atoms with Crippen LogP contribution in [0.15, 0.2) is 42.5 Å². The Morgan fingerprint density at radius 3 is 2.75 bits per heavy atom. The zero-order valence-electron chi connectivity index (χ0n) is 11.3. The molecule has 1 amide bonds. The summed E-state index contributed by atoms with van der Waals surface area (Å²) in [5.74, 6) is -0.431. The smallest absolute Gasteiger partial charge is 0.251 e. The molecule has 0 unspecified atom stereocenters. The number of carbonyl (C=O) groups excluding carboxylic acids is 1. The first-order valence-corrected chi connectivity index (χ1v) is 6.52. The van der Waals surface area contributed by atoms with Gasteiger partial charge in [0.1, 0.15) is 5.82 Å². The van der Waals surface area contributed by atoms with Crippen molar-refractivity contribution in [2.75, 3.05) is 6.54 Å². The van der Waals surface area contributed by atoms with Crippen molar-refractivity contribution in [3.63, 3.8) is 0 Å². The van der Waals surface area contributed by atoms with Gasteiger partial charge in [0, 0.05) is 18.7 Å². The fraction of sp³-hybridized carbons (Fsp3) is 0.188. The van der Waals surface area contributed by atoms with Gasteiger partial charge in [0.15, 0.2) is 0 Å². The summed E-state index contributed by atoms with van der Waals surface area (Å²) in [5.41, 5.74) is 8.66. The van der Waals surface area contributed by atoms with Gasteiger partial charge in [-0.05, 0) is 47.9 Å². The summed E-state index contributed by atoms with van der Waals surface area (Å²) in [7, 11) is 0. The molecule has 20 heavy (non-hydrogen) atoms. The molecule has 0 heterocycles. The van der Waals surface area contributed by atoms with Crippen molar-refractivity contribution in [2.45, 2.75) is 13.5 Å². The molecule has 4 heteroatoms. The lowest BCUT2D eigenvalue weighted by atomic mass is 9.98. The van der Waals surface area contributed by atoms with Gasteiger partial charge in [-0.25, -0.2) is 4.39 Å². The Bertz CT molecular complexity index is 626. The van der Waals surface area contributed by atoms with Crippen LogP contribution in [0, 0.1) is 5.82 Å². The summed E-state index contributed by atoms with van der Waals surface area (Å²) >= 11 is 0. The second-order valence-corrected chi connectivity index (χ2v) is 4.45. The molecule has 104 valence electrons. The highest BCUT2D eigenvalue weighted by molar-refractivity contribution is 5.95. The Balaban J connectivity index is 2.43. The third-order valence-electron chi connectivity index (χ3n) is 3.06. The number of halogens is 1. The molecular weight excluding hydrogens is 255 g/mol. The van der Waals surface area contributed by atoms with Crippen LogP contribution in [-0.2, 0) is 6.54 Å². The van der Waals surface area contributed by atoms with E-state index < -0.39 is 0 Å². The minimum atomic E-state index is -0.311. The topological polar surface area (TPSA) is 55.1 Å². The lowest BCUT2D eigenvalue weighted by molar-refractivity contribution is 0.0956. The Morgan fingerprint density at radius 2 is 2.05 bits per heavy atom. The first kappa shape index (κ1) is 14.2. The highest BCUT2D eigenvalue weighted by atomic mass is 19.1. The number of nitrogens with two attached hydrogens (primary N) is 1. The van der Waals surface area contributed by atoms with E-state index in [1.807, 2.05) is 19.1 Å². The third-order valence-corrected chi connectivity index (χ3v) is 3.06. The largest absolute Gasteiger partial charge is 0.352 e. The summed E-state index contributed by atoms with van der Waals surface area (Å²) in [6, 6.07) is 11.7. The van der Waals surface area contributed by atoms with E-state index >= 15 is 0 Å². The molecule has 0 spiro atoms. The number of hydrogen-bond acceptors (Lipinski definition) is 2. The zero-order chi connectivity index (χ0) is 14.5. The van der Waals surface area contributed by atoms with Crippen LogP contribution in [0.3, 0.4) is 0 Å². The van der Waals surface area contributed by atoms with E-state index in [0.717, 1.165) is 16.7 Å². The van der Waals surface area contributed by atoms with Gasteiger partial charge in [-0.2, -0.15) is 0 Å². The average molecular weight is 272 g/mol. The van der Waals surface area contributed by atoms with Crippen LogP contribution in [-0.4, -0.2) is 12.5 Å². The van der Waals surface area contributed by atoms with Gasteiger partial charge < -0.3 is 11.1 Å². The molecule has 0 aliphatic carbocycles. The highest BCUT2D eigenvalue weighted by Crippen LogP contribution is 2.25. The Morgan fingerprint density at radius 1 is 1.25 bits per heavy atom. The van der Waals surface area contributed by atoms with E-state index in [1.54, 1.807) is 18.2 Å². The fourth-order valence-corrected chi connectivity index (χ4v) is 2.10. The van der Waals surface area contributed by atoms with Crippen molar-refractivity contribution >= 4 is 5.91 Å². The predicted molar refractivity (Wildman–Crippen MR) is 77.7 cm³/mol. The van der Waals surface area contributed by atoms with Gasteiger partial charge >= 0.3 is 0 Å². The Labute approximate surface area is 117 Å². The number of benzene rings is 2. The minimum absolute atomic E-state index is 0.120. The number of carbonyl (C=O) groups is 1. The summed E-state index contributed by atoms with van der Waals surface area (Å²) in [6.45, 7) is 2.69. The van der Waals surface area contributed by atoms with Gasteiger partial charge in [0.25, 0.3) is 5.91 Å². The van der Waals surface area contributed by atoms with Gasteiger partial charge in [-0.15, -0.1) is 0 Å². The number of amides is 1. The molecule has 0 aliphatic rings. The van der Waals surface area contributed by atoms with Crippen molar-refractivity contribution in [1.82, 2.24) is 5.32 Å². The molecular formula is C16H17FN2O. The van der Waals surface area contributed by atoms with E-state index in [0.29, 0.717) is 12.1 Å². The van der Waals surface area contributed by atoms with E-state index in [2.05, 4.69) is 5.32 Å². The first-order valence-electron chi connectivity index (χ1n) is 6.52. The van der Waals surface area contributed by atoms with Crippen molar-refractivity contribution in [3.8, 4) is 11.1 Å². The molecule has 0 aromatic heterocycles. The predicted octanol–water partition coefficient (Wildman–Crippen LogP) is 2.70. The molecule has 2 aromatic rings. The Kier molecular flexibility index (Phi) is 4.48. The molecule has 3 nitrogen and oxygen atoms in total. The van der Waals surface area contributed by atoms with Crippen LogP contribution >= 0.6 is 0 Å². The summed E-state index contributed by atoms with van der Waals surface area (Å²) in [4.78, 5) is 11.8. The molecule has 0 radical (unpaired) electrons. The van der Waals surface area contributed by atoms with Crippen molar-refractivity contribution in [1.29, 1.82) is 0 Å². The lowest BCUT2D eigenvalue weighted by Crippen LogP contribution is -2.22. The monoisotopic (exact) mass is 272 g/mol. The van der Waals surface area contributed by atoms with Crippen LogP contribution in [0.2, 0.25) is 0 Å². The molecule has 0 saturated carbocycles. The second kappa shape index (κ2) is 6.30. The molecule has 2 rings (SSSR count). The summed E-state index contributed by atoms with van der Waals surface area (Å²) in [6.07, 6.45) is 0. The maximum Gasteiger partial charge on any atom is 0.251 e. The lowest BCUT2D eigenvalue weighted by Gasteiger charge is -2.10. The summed E-state index contributed by atoms with van der Waals surface area (Å²) in [5, 5.41) is 2.75. The molecule has 2 aromatic carbocycles. The fourth-order valence-electron chi connectivity index (χ4n) is 2.10. The molecule has 0 aliphatic heterocycles. The van der Waals surface area contributed by atoms with Crippen molar-refractivity contribution < 1.29 is 9.18 Å². The molecule has 0 bridgehead atoms. The maximum atomic E-state index is 13.2. The maximum absolute atomic E-state index is 13.2. The molecule has 0 fully saturated rings. The van der Waals surface area contributed by atoms with Gasteiger partial charge in [0.2, 0.25) is 0 Å². The SMILES string of the molecule is CCNC(=O)c1cccc(-c2ccc(F)cc2CN)c1. The van der Waals surface area contributed by atoms with E-state index in [4.69, 9.17) is 5.73 Å². The van der Waals surface area contributed by atoms with Crippen LogP contribution in [0.4, 0.5) is 4.39 Å². The zero-order valence-corrected chi connectivity index (χ0v) is 11.3. The second-order valence-electron chi connectivity index (χ2n) is 4.45. The van der Waals surface area contributed by atoms with Crippen LogP contribution in [0.25, 0.3) is 11.1 Å². The number of nitrogens with one attached hydrogen (secondary N) is 1. The standard InChI is InChI=1S/C16H17FN2O/c1-2-19-16(20)12-5-3-4-11(8-12)15-7-6-14(17)9-13(15)10-18/h3-9H,2,10,18H2,1H3,(H,19,20). The highest BCUT2D eigenvalue weighted by Gasteiger charge is 2.09. The average Bonchev–Trinajstić information content (AvgIpc) is 2.47. The Hall–Kier alpha value is -2.20. The van der Waals surface area contributed by atoms with Gasteiger partial charge in [0.05, 0.1) is 0 Å². The number of hydrogen-bond donors (Lipinski definition) is 2. The normalized spacial score (nSPS) is 10.3. The molecule has 0 atom stereocenters. The van der Waals surface area contributed by atoms with Gasteiger partial charge in [-0.1, -0.05) is 18.2 Å².